The Morgan fingerprint density at radius 2 is 1.17 bits per heavy atom. The molecule has 0 bridgehead atoms. The van der Waals surface area contributed by atoms with E-state index >= 15 is 0 Å². The van der Waals surface area contributed by atoms with E-state index in [0.717, 1.165) is 44.4 Å². The quantitative estimate of drug-likeness (QED) is 0.186. The summed E-state index contributed by atoms with van der Waals surface area (Å²) in [6.45, 7) is 4.67. The maximum atomic E-state index is 5.40. The van der Waals surface area contributed by atoms with Crippen molar-refractivity contribution < 1.29 is 0 Å². The molecule has 4 nitrogen and oxygen atoms in total. The van der Waals surface area contributed by atoms with Crippen molar-refractivity contribution in [3.63, 3.8) is 0 Å². The molecule has 11 rings (SSSR count). The molecular formula is C49H34N4. The molecular weight excluding hydrogens is 645 g/mol. The molecule has 1 aliphatic rings. The molecule has 0 spiro atoms. The first-order valence-corrected chi connectivity index (χ1v) is 18.2. The second-order valence-corrected chi connectivity index (χ2v) is 14.7. The van der Waals surface area contributed by atoms with Gasteiger partial charge in [-0.05, 0) is 81.9 Å². The molecule has 0 radical (unpaired) electrons. The Morgan fingerprint density at radius 1 is 0.472 bits per heavy atom. The minimum Gasteiger partial charge on any atom is -0.316 e. The molecule has 0 N–H and O–H groups in total. The molecule has 0 saturated carbocycles. The third-order valence-electron chi connectivity index (χ3n) is 11.4. The van der Waals surface area contributed by atoms with Gasteiger partial charge in [-0.15, -0.1) is 0 Å². The largest absolute Gasteiger partial charge is 0.316 e. The van der Waals surface area contributed by atoms with Crippen LogP contribution in [0.2, 0.25) is 0 Å². The molecule has 10 aromatic rings. The van der Waals surface area contributed by atoms with E-state index < -0.39 is 0 Å². The number of aromatic nitrogens is 4. The monoisotopic (exact) mass is 678 g/mol. The van der Waals surface area contributed by atoms with Gasteiger partial charge in [0.2, 0.25) is 5.95 Å². The van der Waals surface area contributed by atoms with E-state index in [9.17, 15) is 0 Å². The smallest absolute Gasteiger partial charge is 0.235 e. The van der Waals surface area contributed by atoms with Gasteiger partial charge in [0.05, 0.1) is 27.8 Å². The number of hydrogen-bond acceptors (Lipinski definition) is 2. The lowest BCUT2D eigenvalue weighted by Crippen LogP contribution is -2.14. The van der Waals surface area contributed by atoms with Crippen LogP contribution in [0.5, 0.6) is 0 Å². The second kappa shape index (κ2) is 11.1. The van der Waals surface area contributed by atoms with Crippen LogP contribution in [0.25, 0.3) is 88.8 Å². The Balaban J connectivity index is 1.07. The van der Waals surface area contributed by atoms with E-state index in [1.807, 2.05) is 0 Å². The average Bonchev–Trinajstić information content (AvgIpc) is 3.85. The zero-order valence-electron chi connectivity index (χ0n) is 29.5. The summed E-state index contributed by atoms with van der Waals surface area (Å²) in [4.78, 5) is 10.6. The third-order valence-corrected chi connectivity index (χ3v) is 11.4. The molecule has 7 aromatic carbocycles. The van der Waals surface area contributed by atoms with Crippen molar-refractivity contribution in [2.75, 3.05) is 0 Å². The summed E-state index contributed by atoms with van der Waals surface area (Å²) in [6, 6.07) is 58.9. The molecule has 53 heavy (non-hydrogen) atoms. The summed E-state index contributed by atoms with van der Waals surface area (Å²) in [5.74, 6) is 0.659. The van der Waals surface area contributed by atoms with E-state index in [2.05, 4.69) is 193 Å². The highest BCUT2D eigenvalue weighted by Crippen LogP contribution is 2.49. The fraction of sp³-hybridized carbons (Fsp3) is 0.0612. The SMILES string of the molecule is CC1(C)c2ccccc2-c2ccc(-c3ccc(-c4nc(-n5c6ccccc6c6cc7ccn(-c8ccccc8)c7cc65)nc5ccccc45)cc3)cc21. The van der Waals surface area contributed by atoms with Crippen molar-refractivity contribution in [3.8, 4) is 45.1 Å². The molecule has 0 aliphatic heterocycles. The Hall–Kier alpha value is -6.78. The molecule has 0 unspecified atom stereocenters. The van der Waals surface area contributed by atoms with Crippen LogP contribution >= 0.6 is 0 Å². The summed E-state index contributed by atoms with van der Waals surface area (Å²) in [5, 5.41) is 4.59. The van der Waals surface area contributed by atoms with Crippen LogP contribution in [0.1, 0.15) is 25.0 Å². The van der Waals surface area contributed by atoms with Crippen molar-refractivity contribution in [1.29, 1.82) is 0 Å². The van der Waals surface area contributed by atoms with Crippen molar-refractivity contribution in [1.82, 2.24) is 19.1 Å². The highest BCUT2D eigenvalue weighted by atomic mass is 15.2. The molecule has 0 saturated heterocycles. The summed E-state index contributed by atoms with van der Waals surface area (Å²) < 4.78 is 4.49. The molecule has 3 aromatic heterocycles. The van der Waals surface area contributed by atoms with E-state index in [0.29, 0.717) is 5.95 Å². The van der Waals surface area contributed by atoms with E-state index in [4.69, 9.17) is 9.97 Å². The van der Waals surface area contributed by atoms with Crippen LogP contribution < -0.4 is 0 Å². The highest BCUT2D eigenvalue weighted by Gasteiger charge is 2.35. The van der Waals surface area contributed by atoms with Gasteiger partial charge in [0.25, 0.3) is 0 Å². The summed E-state index contributed by atoms with van der Waals surface area (Å²) in [7, 11) is 0. The number of fused-ring (bicyclic) bond motifs is 8. The van der Waals surface area contributed by atoms with Crippen molar-refractivity contribution in [3.05, 3.63) is 181 Å². The van der Waals surface area contributed by atoms with Crippen molar-refractivity contribution in [2.45, 2.75) is 19.3 Å². The maximum Gasteiger partial charge on any atom is 0.235 e. The third kappa shape index (κ3) is 4.42. The zero-order valence-corrected chi connectivity index (χ0v) is 29.5. The molecule has 3 heterocycles. The van der Waals surface area contributed by atoms with Gasteiger partial charge in [0.1, 0.15) is 0 Å². The Morgan fingerprint density at radius 3 is 2.04 bits per heavy atom. The van der Waals surface area contributed by atoms with E-state index in [1.165, 1.54) is 49.5 Å². The van der Waals surface area contributed by atoms with Crippen LogP contribution in [-0.2, 0) is 5.41 Å². The Bertz CT molecular complexity index is 3070. The van der Waals surface area contributed by atoms with Crippen molar-refractivity contribution in [2.24, 2.45) is 0 Å². The number of para-hydroxylation sites is 3. The lowest BCUT2D eigenvalue weighted by molar-refractivity contribution is 0.660. The lowest BCUT2D eigenvalue weighted by atomic mass is 9.81. The molecule has 0 atom stereocenters. The number of nitrogens with zero attached hydrogens (tertiary/aromatic N) is 4. The van der Waals surface area contributed by atoms with Crippen LogP contribution in [0.4, 0.5) is 0 Å². The predicted molar refractivity (Wildman–Crippen MR) is 219 cm³/mol. The number of benzene rings is 7. The summed E-state index contributed by atoms with van der Waals surface area (Å²) in [6.07, 6.45) is 2.16. The normalized spacial score (nSPS) is 13.2. The van der Waals surface area contributed by atoms with E-state index in [-0.39, 0.29) is 5.41 Å². The van der Waals surface area contributed by atoms with Gasteiger partial charge in [-0.3, -0.25) is 4.57 Å². The van der Waals surface area contributed by atoms with Gasteiger partial charge < -0.3 is 4.57 Å². The first kappa shape index (κ1) is 29.9. The number of hydrogen-bond donors (Lipinski definition) is 0. The lowest BCUT2D eigenvalue weighted by Gasteiger charge is -2.22. The summed E-state index contributed by atoms with van der Waals surface area (Å²) in [5.41, 5.74) is 15.2. The average molecular weight is 679 g/mol. The predicted octanol–water partition coefficient (Wildman–Crippen LogP) is 12.3. The minimum atomic E-state index is -0.0403. The second-order valence-electron chi connectivity index (χ2n) is 14.7. The van der Waals surface area contributed by atoms with Gasteiger partial charge in [0.15, 0.2) is 0 Å². The van der Waals surface area contributed by atoms with Crippen LogP contribution in [0, 0.1) is 0 Å². The Kier molecular flexibility index (Phi) is 6.27. The first-order chi connectivity index (χ1) is 26.0. The number of rotatable bonds is 4. The van der Waals surface area contributed by atoms with Crippen LogP contribution in [0.15, 0.2) is 170 Å². The first-order valence-electron chi connectivity index (χ1n) is 18.2. The Labute approximate surface area is 307 Å². The fourth-order valence-electron chi connectivity index (χ4n) is 8.72. The van der Waals surface area contributed by atoms with E-state index in [1.54, 1.807) is 0 Å². The topological polar surface area (TPSA) is 35.6 Å². The minimum absolute atomic E-state index is 0.0403. The highest BCUT2D eigenvalue weighted by molar-refractivity contribution is 6.13. The molecule has 0 fully saturated rings. The molecule has 250 valence electrons. The maximum absolute atomic E-state index is 5.40. The van der Waals surface area contributed by atoms with Gasteiger partial charge in [-0.2, -0.15) is 0 Å². The van der Waals surface area contributed by atoms with Gasteiger partial charge in [-0.1, -0.05) is 129 Å². The molecule has 4 heteroatoms. The zero-order chi connectivity index (χ0) is 35.3. The standard InChI is InChI=1S/C49H34N4/c1-49(2)41-17-9-6-14-36(41)37-25-24-33(29-42(37)49)31-20-22-32(23-21-31)47-39-16-7-10-18-43(39)50-48(51-47)53-44-19-11-8-15-38(44)40-28-34-26-27-52(45(34)30-46(40)53)35-12-4-3-5-13-35/h3-30H,1-2H3. The summed E-state index contributed by atoms with van der Waals surface area (Å²) >= 11 is 0. The van der Waals surface area contributed by atoms with Crippen LogP contribution in [0.3, 0.4) is 0 Å². The van der Waals surface area contributed by atoms with Crippen LogP contribution in [-0.4, -0.2) is 19.1 Å². The molecule has 0 amide bonds. The molecule has 1 aliphatic carbocycles. The van der Waals surface area contributed by atoms with Gasteiger partial charge in [0, 0.05) is 44.4 Å². The fourth-order valence-corrected chi connectivity index (χ4v) is 8.72. The van der Waals surface area contributed by atoms with Gasteiger partial charge in [-0.25, -0.2) is 9.97 Å². The van der Waals surface area contributed by atoms with Crippen molar-refractivity contribution >= 4 is 43.6 Å². The van der Waals surface area contributed by atoms with Gasteiger partial charge >= 0.3 is 0 Å².